The molecule has 0 unspecified atom stereocenters. The molecule has 2 aromatic carbocycles. The van der Waals surface area contributed by atoms with Gasteiger partial charge < -0.3 is 5.11 Å². The quantitative estimate of drug-likeness (QED) is 0.847. The molecule has 2 nitrogen and oxygen atoms in total. The number of aryl methyl sites for hydroxylation is 2. The number of carbonyl (C=O) groups is 1. The summed E-state index contributed by atoms with van der Waals surface area (Å²) in [6, 6.07) is 15.4. The first-order chi connectivity index (χ1) is 9.14. The van der Waals surface area contributed by atoms with Crippen LogP contribution < -0.4 is 0 Å². The topological polar surface area (TPSA) is 37.3 Å². The zero-order valence-corrected chi connectivity index (χ0v) is 10.9. The van der Waals surface area contributed by atoms with E-state index >= 15 is 0 Å². The minimum Gasteiger partial charge on any atom is -0.373 e. The van der Waals surface area contributed by atoms with Crippen molar-refractivity contribution in [3.8, 4) is 0 Å². The van der Waals surface area contributed by atoms with E-state index in [1.807, 2.05) is 48.5 Å². The van der Waals surface area contributed by atoms with E-state index in [9.17, 15) is 9.90 Å². The van der Waals surface area contributed by atoms with E-state index in [0.29, 0.717) is 0 Å². The van der Waals surface area contributed by atoms with Crippen molar-refractivity contribution >= 4 is 5.78 Å². The van der Waals surface area contributed by atoms with Crippen molar-refractivity contribution in [2.24, 2.45) is 0 Å². The van der Waals surface area contributed by atoms with Crippen LogP contribution in [-0.2, 0) is 23.2 Å². The van der Waals surface area contributed by atoms with Crippen molar-refractivity contribution in [1.82, 2.24) is 0 Å². The van der Waals surface area contributed by atoms with Crippen LogP contribution in [0.1, 0.15) is 29.2 Å². The third-order valence-electron chi connectivity index (χ3n) is 3.99. The van der Waals surface area contributed by atoms with Crippen LogP contribution in [0.4, 0.5) is 0 Å². The Morgan fingerprint density at radius 1 is 0.947 bits per heavy atom. The molecule has 0 saturated carbocycles. The number of hydrogen-bond donors (Lipinski definition) is 1. The zero-order chi connectivity index (χ0) is 13.5. The molecule has 1 aliphatic carbocycles. The summed E-state index contributed by atoms with van der Waals surface area (Å²) < 4.78 is 0. The molecule has 0 atom stereocenters. The van der Waals surface area contributed by atoms with Crippen molar-refractivity contribution in [3.63, 3.8) is 0 Å². The van der Waals surface area contributed by atoms with Gasteiger partial charge in [-0.3, -0.25) is 4.79 Å². The number of benzene rings is 2. The molecule has 2 heteroatoms. The van der Waals surface area contributed by atoms with Gasteiger partial charge in [-0.1, -0.05) is 48.5 Å². The fourth-order valence-corrected chi connectivity index (χ4v) is 2.98. The molecule has 1 N–H and O–H groups in total. The molecule has 1 aliphatic rings. The van der Waals surface area contributed by atoms with Crippen LogP contribution in [0, 0.1) is 0 Å². The van der Waals surface area contributed by atoms with Gasteiger partial charge in [0.05, 0.1) is 0 Å². The molecule has 0 amide bonds. The Balaban J connectivity index is 2.35. The van der Waals surface area contributed by atoms with E-state index in [1.165, 1.54) is 6.92 Å². The average molecular weight is 252 g/mol. The Hall–Kier alpha value is -1.93. The summed E-state index contributed by atoms with van der Waals surface area (Å²) in [6.07, 6.45) is 1.70. The van der Waals surface area contributed by atoms with Crippen LogP contribution in [0.5, 0.6) is 0 Å². The van der Waals surface area contributed by atoms with E-state index in [1.54, 1.807) is 0 Å². The largest absolute Gasteiger partial charge is 0.373 e. The van der Waals surface area contributed by atoms with Gasteiger partial charge in [0.2, 0.25) is 0 Å². The van der Waals surface area contributed by atoms with Crippen molar-refractivity contribution < 1.29 is 9.90 Å². The fraction of sp³-hybridized carbons (Fsp3) is 0.235. The minimum absolute atomic E-state index is 0.228. The maximum absolute atomic E-state index is 12.1. The van der Waals surface area contributed by atoms with Crippen LogP contribution >= 0.6 is 0 Å². The molecule has 2 aromatic rings. The summed E-state index contributed by atoms with van der Waals surface area (Å²) in [5.74, 6) is -0.228. The number of ketones is 1. The Labute approximate surface area is 112 Å². The maximum Gasteiger partial charge on any atom is 0.173 e. The van der Waals surface area contributed by atoms with Crippen molar-refractivity contribution in [2.45, 2.75) is 25.4 Å². The smallest absolute Gasteiger partial charge is 0.173 e. The molecule has 96 valence electrons. The highest BCUT2D eigenvalue weighted by Crippen LogP contribution is 2.38. The van der Waals surface area contributed by atoms with Gasteiger partial charge in [-0.2, -0.15) is 0 Å². The van der Waals surface area contributed by atoms with Gasteiger partial charge in [-0.15, -0.1) is 0 Å². The van der Waals surface area contributed by atoms with E-state index < -0.39 is 5.60 Å². The number of aliphatic hydroxyl groups is 1. The van der Waals surface area contributed by atoms with E-state index in [-0.39, 0.29) is 5.78 Å². The summed E-state index contributed by atoms with van der Waals surface area (Å²) in [5.41, 5.74) is 2.05. The Kier molecular flexibility index (Phi) is 2.76. The van der Waals surface area contributed by atoms with Crippen LogP contribution in [0.2, 0.25) is 0 Å². The van der Waals surface area contributed by atoms with Crippen LogP contribution in [0.3, 0.4) is 0 Å². The van der Waals surface area contributed by atoms with Crippen molar-refractivity contribution in [2.75, 3.05) is 0 Å². The standard InChI is InChI=1S/C17H16O2/c1-12(18)17(19)15-8-4-2-6-13(15)10-11-14-7-3-5-9-16(14)17/h2-9,19H,10-11H2,1H3. The van der Waals surface area contributed by atoms with Gasteiger partial charge >= 0.3 is 0 Å². The number of carbonyl (C=O) groups excluding carboxylic acids is 1. The number of hydrogen-bond acceptors (Lipinski definition) is 2. The minimum atomic E-state index is -1.51. The highest BCUT2D eigenvalue weighted by molar-refractivity contribution is 5.91. The van der Waals surface area contributed by atoms with Gasteiger partial charge in [-0.25, -0.2) is 0 Å². The van der Waals surface area contributed by atoms with Crippen LogP contribution in [0.15, 0.2) is 48.5 Å². The zero-order valence-electron chi connectivity index (χ0n) is 10.9. The summed E-state index contributed by atoms with van der Waals surface area (Å²) in [7, 11) is 0. The van der Waals surface area contributed by atoms with Gasteiger partial charge in [-0.05, 0) is 42.0 Å². The lowest BCUT2D eigenvalue weighted by molar-refractivity contribution is -0.132. The summed E-state index contributed by atoms with van der Waals surface area (Å²) in [6.45, 7) is 1.46. The summed E-state index contributed by atoms with van der Waals surface area (Å²) in [5, 5.41) is 11.1. The maximum atomic E-state index is 12.1. The molecule has 0 spiro atoms. The van der Waals surface area contributed by atoms with E-state index in [2.05, 4.69) is 0 Å². The first kappa shape index (κ1) is 12.1. The second-order valence-electron chi connectivity index (χ2n) is 5.08. The summed E-state index contributed by atoms with van der Waals surface area (Å²) >= 11 is 0. The molecule has 0 heterocycles. The Bertz CT molecular complexity index is 596. The third-order valence-corrected chi connectivity index (χ3v) is 3.99. The number of fused-ring (bicyclic) bond motifs is 2. The fourth-order valence-electron chi connectivity index (χ4n) is 2.98. The van der Waals surface area contributed by atoms with Gasteiger partial charge in [0.15, 0.2) is 11.4 Å². The molecule has 0 saturated heterocycles. The van der Waals surface area contributed by atoms with Gasteiger partial charge in [0.25, 0.3) is 0 Å². The molecule has 3 rings (SSSR count). The lowest BCUT2D eigenvalue weighted by Crippen LogP contribution is -2.36. The van der Waals surface area contributed by atoms with E-state index in [0.717, 1.165) is 35.1 Å². The van der Waals surface area contributed by atoms with Crippen molar-refractivity contribution in [1.29, 1.82) is 0 Å². The number of Topliss-reactive ketones (excluding diaryl/α,β-unsaturated/α-hetero) is 1. The third kappa shape index (κ3) is 1.71. The molecule has 0 aliphatic heterocycles. The first-order valence-corrected chi connectivity index (χ1v) is 6.54. The molecule has 0 aromatic heterocycles. The second-order valence-corrected chi connectivity index (χ2v) is 5.08. The normalized spacial score (nSPS) is 16.1. The lowest BCUT2D eigenvalue weighted by Gasteiger charge is -2.28. The monoisotopic (exact) mass is 252 g/mol. The molecule has 0 bridgehead atoms. The predicted octanol–water partition coefficient (Wildman–Crippen LogP) is 2.61. The molecule has 19 heavy (non-hydrogen) atoms. The highest BCUT2D eigenvalue weighted by atomic mass is 16.3. The highest BCUT2D eigenvalue weighted by Gasteiger charge is 2.41. The summed E-state index contributed by atoms with van der Waals surface area (Å²) in [4.78, 5) is 12.1. The second kappa shape index (κ2) is 4.32. The molecular formula is C17H16O2. The Morgan fingerprint density at radius 2 is 1.37 bits per heavy atom. The SMILES string of the molecule is CC(=O)C1(O)c2ccccc2CCc2ccccc21. The van der Waals surface area contributed by atoms with Gasteiger partial charge in [0, 0.05) is 0 Å². The van der Waals surface area contributed by atoms with Gasteiger partial charge in [0.1, 0.15) is 0 Å². The molecule has 0 radical (unpaired) electrons. The average Bonchev–Trinajstić information content (AvgIpc) is 2.56. The Morgan fingerprint density at radius 3 is 1.79 bits per heavy atom. The number of rotatable bonds is 1. The lowest BCUT2D eigenvalue weighted by atomic mass is 9.81. The molecular weight excluding hydrogens is 236 g/mol. The van der Waals surface area contributed by atoms with Crippen LogP contribution in [0.25, 0.3) is 0 Å². The predicted molar refractivity (Wildman–Crippen MR) is 74.0 cm³/mol. The molecule has 0 fully saturated rings. The van der Waals surface area contributed by atoms with E-state index in [4.69, 9.17) is 0 Å². The van der Waals surface area contributed by atoms with Crippen LogP contribution in [-0.4, -0.2) is 10.9 Å². The van der Waals surface area contributed by atoms with Crippen molar-refractivity contribution in [3.05, 3.63) is 70.8 Å². The first-order valence-electron chi connectivity index (χ1n) is 6.54.